The van der Waals surface area contributed by atoms with E-state index in [4.69, 9.17) is 5.73 Å². The fourth-order valence-corrected chi connectivity index (χ4v) is 2.74. The Balaban J connectivity index is 4.08. The first-order valence-electron chi connectivity index (χ1n) is 6.07. The number of carbonyl (C=O) groups is 1. The lowest BCUT2D eigenvalue weighted by molar-refractivity contribution is -0.127. The van der Waals surface area contributed by atoms with Gasteiger partial charge >= 0.3 is 0 Å². The quantitative estimate of drug-likeness (QED) is 0.611. The first-order valence-corrected chi connectivity index (χ1v) is 7.89. The van der Waals surface area contributed by atoms with Gasteiger partial charge in [-0.3, -0.25) is 4.79 Å². The molecule has 0 aliphatic heterocycles. The van der Waals surface area contributed by atoms with E-state index >= 15 is 0 Å². The zero-order chi connectivity index (χ0) is 13.3. The highest BCUT2D eigenvalue weighted by atomic mass is 32.2. The fourth-order valence-electron chi connectivity index (χ4n) is 1.36. The van der Waals surface area contributed by atoms with Gasteiger partial charge in [-0.25, -0.2) is 8.42 Å². The van der Waals surface area contributed by atoms with E-state index in [2.05, 4.69) is 0 Å². The number of nitrogens with two attached hydrogens (primary N) is 1. The lowest BCUT2D eigenvalue weighted by Gasteiger charge is -2.16. The van der Waals surface area contributed by atoms with E-state index in [0.29, 0.717) is 25.9 Å². The Bertz CT molecular complexity index is 315. The third-order valence-corrected chi connectivity index (χ3v) is 4.12. The number of hydrogen-bond donors (Lipinski definition) is 1. The Labute approximate surface area is 104 Å². The maximum Gasteiger partial charge on any atom is 0.237 e. The highest BCUT2D eigenvalue weighted by Crippen LogP contribution is 2.00. The van der Waals surface area contributed by atoms with Gasteiger partial charge in [0.2, 0.25) is 5.91 Å². The molecule has 0 atom stereocenters. The van der Waals surface area contributed by atoms with E-state index < -0.39 is 9.84 Å². The van der Waals surface area contributed by atoms with Crippen LogP contribution in [0.2, 0.25) is 0 Å². The second-order valence-electron chi connectivity index (χ2n) is 4.26. The number of unbranched alkanes of at least 4 members (excludes halogenated alkanes) is 2. The van der Waals surface area contributed by atoms with Crippen molar-refractivity contribution in [3.8, 4) is 0 Å². The highest BCUT2D eigenvalue weighted by molar-refractivity contribution is 7.92. The van der Waals surface area contributed by atoms with Crippen LogP contribution in [0.3, 0.4) is 0 Å². The van der Waals surface area contributed by atoms with Gasteiger partial charge in [0.1, 0.15) is 5.75 Å². The smallest absolute Gasteiger partial charge is 0.237 e. The minimum absolute atomic E-state index is 0.0531. The summed E-state index contributed by atoms with van der Waals surface area (Å²) in [6.07, 6.45) is 3.10. The number of carbonyl (C=O) groups excluding carboxylic acids is 1. The largest absolute Gasteiger partial charge is 0.345 e. The van der Waals surface area contributed by atoms with Crippen LogP contribution in [0.1, 0.15) is 32.6 Å². The zero-order valence-corrected chi connectivity index (χ0v) is 11.6. The lowest BCUT2D eigenvalue weighted by atomic mass is 10.3. The summed E-state index contributed by atoms with van der Waals surface area (Å²) in [5.41, 5.74) is 5.29. The number of hydrogen-bond acceptors (Lipinski definition) is 4. The summed E-state index contributed by atoms with van der Waals surface area (Å²) in [6, 6.07) is 0. The van der Waals surface area contributed by atoms with Crippen molar-refractivity contribution in [3.63, 3.8) is 0 Å². The van der Waals surface area contributed by atoms with Crippen LogP contribution in [-0.4, -0.2) is 50.9 Å². The zero-order valence-electron chi connectivity index (χ0n) is 10.8. The normalized spacial score (nSPS) is 11.5. The molecular weight excluding hydrogens is 240 g/mol. The molecule has 0 radical (unpaired) electrons. The molecule has 0 saturated carbocycles. The standard InChI is InChI=1S/C11H24N2O3S/c1-3-4-8-13(2)11(14)10-17(15,16)9-6-5-7-12/h3-10,12H2,1-2H3. The number of rotatable bonds is 9. The number of nitrogens with zero attached hydrogens (tertiary/aromatic N) is 1. The third-order valence-electron chi connectivity index (χ3n) is 2.53. The lowest BCUT2D eigenvalue weighted by Crippen LogP contribution is -2.34. The topological polar surface area (TPSA) is 80.5 Å². The Morgan fingerprint density at radius 2 is 1.88 bits per heavy atom. The van der Waals surface area contributed by atoms with Crippen molar-refractivity contribution < 1.29 is 13.2 Å². The first-order chi connectivity index (χ1) is 7.93. The van der Waals surface area contributed by atoms with Crippen molar-refractivity contribution in [2.75, 3.05) is 31.6 Å². The Hall–Kier alpha value is -0.620. The number of sulfone groups is 1. The van der Waals surface area contributed by atoms with Gasteiger partial charge in [0.05, 0.1) is 5.75 Å². The molecule has 0 saturated heterocycles. The molecule has 1 amide bonds. The Morgan fingerprint density at radius 1 is 1.24 bits per heavy atom. The van der Waals surface area contributed by atoms with Gasteiger partial charge in [-0.15, -0.1) is 0 Å². The Kier molecular flexibility index (Phi) is 8.16. The van der Waals surface area contributed by atoms with Crippen molar-refractivity contribution in [2.45, 2.75) is 32.6 Å². The molecule has 0 aliphatic carbocycles. The van der Waals surface area contributed by atoms with Gasteiger partial charge in [0, 0.05) is 13.6 Å². The molecule has 0 spiro atoms. The molecule has 0 fully saturated rings. The predicted octanol–water partition coefficient (Wildman–Crippen LogP) is 0.399. The summed E-state index contributed by atoms with van der Waals surface area (Å²) < 4.78 is 23.2. The van der Waals surface area contributed by atoms with Crippen LogP contribution in [-0.2, 0) is 14.6 Å². The predicted molar refractivity (Wildman–Crippen MR) is 69.5 cm³/mol. The second-order valence-corrected chi connectivity index (χ2v) is 6.44. The molecule has 5 nitrogen and oxygen atoms in total. The van der Waals surface area contributed by atoms with Crippen LogP contribution < -0.4 is 5.73 Å². The van der Waals surface area contributed by atoms with Gasteiger partial charge in [-0.2, -0.15) is 0 Å². The monoisotopic (exact) mass is 264 g/mol. The summed E-state index contributed by atoms with van der Waals surface area (Å²) in [5.74, 6) is -0.638. The molecule has 0 aliphatic rings. The maximum atomic E-state index is 11.6. The van der Waals surface area contributed by atoms with E-state index in [1.165, 1.54) is 4.90 Å². The van der Waals surface area contributed by atoms with E-state index in [1.807, 2.05) is 6.92 Å². The van der Waals surface area contributed by atoms with Crippen molar-refractivity contribution in [1.82, 2.24) is 4.90 Å². The number of amides is 1. The summed E-state index contributed by atoms with van der Waals surface area (Å²) in [5, 5.41) is 0. The molecule has 0 aromatic rings. The van der Waals surface area contributed by atoms with Crippen LogP contribution >= 0.6 is 0 Å². The average Bonchev–Trinajstić information content (AvgIpc) is 2.25. The van der Waals surface area contributed by atoms with E-state index in [1.54, 1.807) is 7.05 Å². The SMILES string of the molecule is CCCCN(C)C(=O)CS(=O)(=O)CCCCN. The van der Waals surface area contributed by atoms with E-state index in [0.717, 1.165) is 12.8 Å². The van der Waals surface area contributed by atoms with Crippen molar-refractivity contribution in [3.05, 3.63) is 0 Å². The molecule has 6 heteroatoms. The van der Waals surface area contributed by atoms with Crippen molar-refractivity contribution >= 4 is 15.7 Å². The molecule has 0 aromatic heterocycles. The molecular formula is C11H24N2O3S. The van der Waals surface area contributed by atoms with Gasteiger partial charge in [-0.1, -0.05) is 13.3 Å². The third kappa shape index (κ3) is 8.15. The molecule has 17 heavy (non-hydrogen) atoms. The maximum absolute atomic E-state index is 11.6. The molecule has 0 bridgehead atoms. The molecule has 0 heterocycles. The van der Waals surface area contributed by atoms with Crippen LogP contribution in [0.15, 0.2) is 0 Å². The highest BCUT2D eigenvalue weighted by Gasteiger charge is 2.18. The van der Waals surface area contributed by atoms with Gasteiger partial charge in [0.25, 0.3) is 0 Å². The molecule has 2 N–H and O–H groups in total. The van der Waals surface area contributed by atoms with E-state index in [9.17, 15) is 13.2 Å². The summed E-state index contributed by atoms with van der Waals surface area (Å²) in [4.78, 5) is 13.1. The van der Waals surface area contributed by atoms with Crippen LogP contribution in [0.25, 0.3) is 0 Å². The summed E-state index contributed by atoms with van der Waals surface area (Å²) in [6.45, 7) is 3.13. The minimum atomic E-state index is -3.27. The molecule has 0 rings (SSSR count). The van der Waals surface area contributed by atoms with E-state index in [-0.39, 0.29) is 17.4 Å². The van der Waals surface area contributed by atoms with Crippen LogP contribution in [0.5, 0.6) is 0 Å². The van der Waals surface area contributed by atoms with Crippen LogP contribution in [0, 0.1) is 0 Å². The Morgan fingerprint density at radius 3 is 2.41 bits per heavy atom. The summed E-state index contributed by atoms with van der Waals surface area (Å²) >= 11 is 0. The summed E-state index contributed by atoms with van der Waals surface area (Å²) in [7, 11) is -1.62. The van der Waals surface area contributed by atoms with Gasteiger partial charge in [-0.05, 0) is 25.8 Å². The van der Waals surface area contributed by atoms with Crippen molar-refractivity contribution in [2.24, 2.45) is 5.73 Å². The van der Waals surface area contributed by atoms with Gasteiger partial charge in [0.15, 0.2) is 9.84 Å². The fraction of sp³-hybridized carbons (Fsp3) is 0.909. The molecule has 0 aromatic carbocycles. The average molecular weight is 264 g/mol. The minimum Gasteiger partial charge on any atom is -0.345 e. The molecule has 102 valence electrons. The van der Waals surface area contributed by atoms with Crippen molar-refractivity contribution in [1.29, 1.82) is 0 Å². The van der Waals surface area contributed by atoms with Gasteiger partial charge < -0.3 is 10.6 Å². The first kappa shape index (κ1) is 16.4. The molecule has 0 unspecified atom stereocenters. The van der Waals surface area contributed by atoms with Crippen LogP contribution in [0.4, 0.5) is 0 Å². The second kappa shape index (κ2) is 8.47.